The Kier molecular flexibility index (Phi) is 4.75. The van der Waals surface area contributed by atoms with Crippen molar-refractivity contribution in [1.29, 1.82) is 0 Å². The Morgan fingerprint density at radius 2 is 2.20 bits per heavy atom. The van der Waals surface area contributed by atoms with Gasteiger partial charge in [-0.15, -0.1) is 0 Å². The number of nitrogens with zero attached hydrogens (tertiary/aromatic N) is 1. The van der Waals surface area contributed by atoms with Crippen molar-refractivity contribution >= 4 is 5.69 Å². The standard InChI is InChI=1S/C14H19F3N2O/c1-20-13-6-2-5-12(8-13)19-7-3-4-11(9-19)18-10-14(15,16)17/h2,5-6,8,11,18H,3-4,7,9-10H2,1H3. The van der Waals surface area contributed by atoms with E-state index in [2.05, 4.69) is 10.2 Å². The molecule has 1 aromatic rings. The Morgan fingerprint density at radius 1 is 1.40 bits per heavy atom. The summed E-state index contributed by atoms with van der Waals surface area (Å²) in [5, 5.41) is 2.59. The molecule has 1 aliphatic heterocycles. The number of benzene rings is 1. The van der Waals surface area contributed by atoms with Crippen LogP contribution in [-0.2, 0) is 0 Å². The van der Waals surface area contributed by atoms with Crippen molar-refractivity contribution < 1.29 is 17.9 Å². The molecule has 1 fully saturated rings. The molecular weight excluding hydrogens is 269 g/mol. The lowest BCUT2D eigenvalue weighted by molar-refractivity contribution is -0.126. The monoisotopic (exact) mass is 288 g/mol. The summed E-state index contributed by atoms with van der Waals surface area (Å²) < 4.78 is 41.9. The smallest absolute Gasteiger partial charge is 0.401 e. The molecule has 0 saturated carbocycles. The molecule has 2 rings (SSSR count). The molecule has 0 spiro atoms. The zero-order valence-electron chi connectivity index (χ0n) is 11.4. The normalized spacial score (nSPS) is 20.0. The van der Waals surface area contributed by atoms with Gasteiger partial charge in [-0.2, -0.15) is 13.2 Å². The van der Waals surface area contributed by atoms with Crippen LogP contribution in [0, 0.1) is 0 Å². The van der Waals surface area contributed by atoms with Crippen molar-refractivity contribution in [3.8, 4) is 5.75 Å². The lowest BCUT2D eigenvalue weighted by atomic mass is 10.0. The van der Waals surface area contributed by atoms with E-state index < -0.39 is 12.7 Å². The third-order valence-corrected chi connectivity index (χ3v) is 3.43. The van der Waals surface area contributed by atoms with E-state index in [9.17, 15) is 13.2 Å². The third kappa shape index (κ3) is 4.30. The van der Waals surface area contributed by atoms with Crippen molar-refractivity contribution in [3.05, 3.63) is 24.3 Å². The van der Waals surface area contributed by atoms with Gasteiger partial charge in [-0.3, -0.25) is 0 Å². The highest BCUT2D eigenvalue weighted by atomic mass is 19.4. The van der Waals surface area contributed by atoms with Crippen molar-refractivity contribution in [2.75, 3.05) is 31.6 Å². The number of piperidine rings is 1. The van der Waals surface area contributed by atoms with Gasteiger partial charge in [0.25, 0.3) is 0 Å². The second-order valence-corrected chi connectivity index (χ2v) is 4.98. The van der Waals surface area contributed by atoms with Gasteiger partial charge in [0.15, 0.2) is 0 Å². The highest BCUT2D eigenvalue weighted by molar-refractivity contribution is 5.51. The summed E-state index contributed by atoms with van der Waals surface area (Å²) in [7, 11) is 1.60. The molecule has 1 heterocycles. The maximum absolute atomic E-state index is 12.2. The van der Waals surface area contributed by atoms with Gasteiger partial charge in [0, 0.05) is 30.9 Å². The van der Waals surface area contributed by atoms with Gasteiger partial charge < -0.3 is 15.0 Å². The number of ether oxygens (including phenoxy) is 1. The lowest BCUT2D eigenvalue weighted by Gasteiger charge is -2.35. The topological polar surface area (TPSA) is 24.5 Å². The van der Waals surface area contributed by atoms with E-state index in [1.165, 1.54) is 0 Å². The van der Waals surface area contributed by atoms with Crippen LogP contribution in [0.4, 0.5) is 18.9 Å². The minimum Gasteiger partial charge on any atom is -0.497 e. The zero-order valence-corrected chi connectivity index (χ0v) is 11.4. The van der Waals surface area contributed by atoms with E-state index in [4.69, 9.17) is 4.74 Å². The van der Waals surface area contributed by atoms with Crippen molar-refractivity contribution in [2.24, 2.45) is 0 Å². The predicted molar refractivity (Wildman–Crippen MR) is 72.3 cm³/mol. The Hall–Kier alpha value is -1.43. The second-order valence-electron chi connectivity index (χ2n) is 4.98. The van der Waals surface area contributed by atoms with Crippen LogP contribution in [0.1, 0.15) is 12.8 Å². The molecule has 1 N–H and O–H groups in total. The fourth-order valence-electron chi connectivity index (χ4n) is 2.45. The molecule has 6 heteroatoms. The molecule has 0 radical (unpaired) electrons. The van der Waals surface area contributed by atoms with Gasteiger partial charge in [0.1, 0.15) is 5.75 Å². The van der Waals surface area contributed by atoms with Crippen molar-refractivity contribution in [3.63, 3.8) is 0 Å². The van der Waals surface area contributed by atoms with Gasteiger partial charge >= 0.3 is 6.18 Å². The summed E-state index contributed by atoms with van der Waals surface area (Å²) in [6.45, 7) is 0.518. The highest BCUT2D eigenvalue weighted by Crippen LogP contribution is 2.24. The van der Waals surface area contributed by atoms with Crippen LogP contribution in [0.3, 0.4) is 0 Å². The van der Waals surface area contributed by atoms with Gasteiger partial charge in [-0.05, 0) is 25.0 Å². The third-order valence-electron chi connectivity index (χ3n) is 3.43. The molecule has 1 saturated heterocycles. The quantitative estimate of drug-likeness (QED) is 0.922. The fraction of sp³-hybridized carbons (Fsp3) is 0.571. The number of anilines is 1. The summed E-state index contributed by atoms with van der Waals surface area (Å²) in [5.41, 5.74) is 0.989. The molecule has 3 nitrogen and oxygen atoms in total. The van der Waals surface area contributed by atoms with Crippen LogP contribution in [-0.4, -0.2) is 39.0 Å². The van der Waals surface area contributed by atoms with E-state index in [1.807, 2.05) is 24.3 Å². The van der Waals surface area contributed by atoms with E-state index in [0.29, 0.717) is 6.54 Å². The SMILES string of the molecule is COc1cccc(N2CCCC(NCC(F)(F)F)C2)c1. The minimum atomic E-state index is -4.15. The predicted octanol–water partition coefficient (Wildman–Crippen LogP) is 2.82. The first kappa shape index (κ1) is 15.0. The molecule has 0 bridgehead atoms. The van der Waals surface area contributed by atoms with Crippen LogP contribution in [0.5, 0.6) is 5.75 Å². The Bertz CT molecular complexity index is 437. The second kappa shape index (κ2) is 6.35. The molecule has 112 valence electrons. The molecule has 0 amide bonds. The molecule has 1 aromatic carbocycles. The van der Waals surface area contributed by atoms with Crippen molar-refractivity contribution in [2.45, 2.75) is 25.1 Å². The number of nitrogens with one attached hydrogen (secondary N) is 1. The Balaban J connectivity index is 1.95. The maximum atomic E-state index is 12.2. The number of rotatable bonds is 4. The first-order valence-corrected chi connectivity index (χ1v) is 6.67. The first-order valence-electron chi connectivity index (χ1n) is 6.67. The van der Waals surface area contributed by atoms with E-state index >= 15 is 0 Å². The first-order chi connectivity index (χ1) is 9.48. The zero-order chi connectivity index (χ0) is 14.6. The summed E-state index contributed by atoms with van der Waals surface area (Å²) in [5.74, 6) is 0.757. The van der Waals surface area contributed by atoms with Gasteiger partial charge in [0.05, 0.1) is 13.7 Å². The summed E-state index contributed by atoms with van der Waals surface area (Å²) in [6.07, 6.45) is -2.50. The summed E-state index contributed by atoms with van der Waals surface area (Å²) >= 11 is 0. The van der Waals surface area contributed by atoms with Crippen molar-refractivity contribution in [1.82, 2.24) is 5.32 Å². The summed E-state index contributed by atoms with van der Waals surface area (Å²) in [4.78, 5) is 2.10. The number of halogens is 3. The van der Waals surface area contributed by atoms with Crippen LogP contribution < -0.4 is 15.0 Å². The number of methoxy groups -OCH3 is 1. The van der Waals surface area contributed by atoms with Crippen LogP contribution in [0.25, 0.3) is 0 Å². The number of hydrogen-bond acceptors (Lipinski definition) is 3. The number of hydrogen-bond donors (Lipinski definition) is 1. The molecule has 1 aliphatic rings. The van der Waals surface area contributed by atoms with Gasteiger partial charge in [-0.1, -0.05) is 6.07 Å². The summed E-state index contributed by atoms with van der Waals surface area (Å²) in [6, 6.07) is 7.48. The molecule has 1 unspecified atom stereocenters. The largest absolute Gasteiger partial charge is 0.497 e. The van der Waals surface area contributed by atoms with Crippen LogP contribution in [0.15, 0.2) is 24.3 Å². The van der Waals surface area contributed by atoms with Gasteiger partial charge in [-0.25, -0.2) is 0 Å². The maximum Gasteiger partial charge on any atom is 0.401 e. The lowest BCUT2D eigenvalue weighted by Crippen LogP contribution is -2.48. The highest BCUT2D eigenvalue weighted by Gasteiger charge is 2.29. The number of alkyl halides is 3. The Morgan fingerprint density at radius 3 is 2.90 bits per heavy atom. The average molecular weight is 288 g/mol. The fourth-order valence-corrected chi connectivity index (χ4v) is 2.45. The average Bonchev–Trinajstić information content (AvgIpc) is 2.45. The van der Waals surface area contributed by atoms with E-state index in [0.717, 1.165) is 30.8 Å². The molecular formula is C14H19F3N2O. The van der Waals surface area contributed by atoms with Crippen LogP contribution in [0.2, 0.25) is 0 Å². The van der Waals surface area contributed by atoms with E-state index in [-0.39, 0.29) is 6.04 Å². The molecule has 1 atom stereocenters. The van der Waals surface area contributed by atoms with Crippen LogP contribution >= 0.6 is 0 Å². The minimum absolute atomic E-state index is 0.128. The van der Waals surface area contributed by atoms with E-state index in [1.54, 1.807) is 7.11 Å². The molecule has 20 heavy (non-hydrogen) atoms. The molecule has 0 aromatic heterocycles. The molecule has 0 aliphatic carbocycles. The van der Waals surface area contributed by atoms with Gasteiger partial charge in [0.2, 0.25) is 0 Å². The Labute approximate surface area is 116 Å².